The van der Waals surface area contributed by atoms with E-state index in [2.05, 4.69) is 5.32 Å². The standard InChI is InChI=1S/C12H20FN/c13-10-2-1-3-11(10)14-12-7-8-4-5-9(12)6-8/h8-12,14H,1-7H2/t8?,9?,10-,11+,12?/m0/s1. The molecule has 0 aromatic rings. The van der Waals surface area contributed by atoms with Crippen LogP contribution in [0.2, 0.25) is 0 Å². The molecule has 3 fully saturated rings. The van der Waals surface area contributed by atoms with Crippen LogP contribution in [-0.4, -0.2) is 18.3 Å². The fraction of sp³-hybridized carbons (Fsp3) is 1.00. The predicted molar refractivity (Wildman–Crippen MR) is 54.9 cm³/mol. The predicted octanol–water partition coefficient (Wildman–Crippen LogP) is 2.66. The Balaban J connectivity index is 1.57. The molecule has 14 heavy (non-hydrogen) atoms. The molecule has 0 amide bonds. The molecular weight excluding hydrogens is 177 g/mol. The Bertz CT molecular complexity index is 218. The highest BCUT2D eigenvalue weighted by atomic mass is 19.1. The molecule has 0 aromatic heterocycles. The summed E-state index contributed by atoms with van der Waals surface area (Å²) < 4.78 is 13.4. The van der Waals surface area contributed by atoms with E-state index in [-0.39, 0.29) is 6.04 Å². The molecule has 0 saturated heterocycles. The van der Waals surface area contributed by atoms with E-state index in [0.717, 1.165) is 31.1 Å². The summed E-state index contributed by atoms with van der Waals surface area (Å²) in [6.45, 7) is 0. The van der Waals surface area contributed by atoms with Gasteiger partial charge in [0.05, 0.1) is 0 Å². The normalized spacial score (nSPS) is 51.6. The summed E-state index contributed by atoms with van der Waals surface area (Å²) in [7, 11) is 0. The van der Waals surface area contributed by atoms with Gasteiger partial charge in [-0.2, -0.15) is 0 Å². The van der Waals surface area contributed by atoms with Crippen molar-refractivity contribution in [3.63, 3.8) is 0 Å². The zero-order chi connectivity index (χ0) is 9.54. The molecule has 3 saturated carbocycles. The second kappa shape index (κ2) is 3.48. The first-order chi connectivity index (χ1) is 6.83. The van der Waals surface area contributed by atoms with Crippen LogP contribution < -0.4 is 5.32 Å². The second-order valence-corrected chi connectivity index (χ2v) is 5.50. The summed E-state index contributed by atoms with van der Waals surface area (Å²) in [5.41, 5.74) is 0. The van der Waals surface area contributed by atoms with Crippen LogP contribution in [0.5, 0.6) is 0 Å². The van der Waals surface area contributed by atoms with Crippen LogP contribution in [0.1, 0.15) is 44.9 Å². The fourth-order valence-corrected chi connectivity index (χ4v) is 3.83. The van der Waals surface area contributed by atoms with Crippen LogP contribution in [-0.2, 0) is 0 Å². The number of fused-ring (bicyclic) bond motifs is 2. The van der Waals surface area contributed by atoms with E-state index in [4.69, 9.17) is 0 Å². The van der Waals surface area contributed by atoms with E-state index in [1.807, 2.05) is 0 Å². The molecule has 0 aliphatic heterocycles. The maximum Gasteiger partial charge on any atom is 0.115 e. The van der Waals surface area contributed by atoms with Gasteiger partial charge in [-0.3, -0.25) is 0 Å². The van der Waals surface area contributed by atoms with Crippen molar-refractivity contribution in [3.8, 4) is 0 Å². The lowest BCUT2D eigenvalue weighted by Gasteiger charge is -2.27. The van der Waals surface area contributed by atoms with Gasteiger partial charge in [0.2, 0.25) is 0 Å². The first-order valence-electron chi connectivity index (χ1n) is 6.23. The largest absolute Gasteiger partial charge is 0.308 e. The van der Waals surface area contributed by atoms with Crippen molar-refractivity contribution in [3.05, 3.63) is 0 Å². The lowest BCUT2D eigenvalue weighted by Crippen LogP contribution is -2.43. The van der Waals surface area contributed by atoms with Gasteiger partial charge in [-0.25, -0.2) is 4.39 Å². The van der Waals surface area contributed by atoms with E-state index in [1.165, 1.54) is 25.7 Å². The monoisotopic (exact) mass is 197 g/mol. The molecule has 3 aliphatic carbocycles. The molecule has 1 nitrogen and oxygen atoms in total. The van der Waals surface area contributed by atoms with Crippen LogP contribution in [0.4, 0.5) is 4.39 Å². The third-order valence-corrected chi connectivity index (χ3v) is 4.60. The molecule has 0 heterocycles. The van der Waals surface area contributed by atoms with Crippen LogP contribution in [0.15, 0.2) is 0 Å². The van der Waals surface area contributed by atoms with Crippen molar-refractivity contribution in [1.29, 1.82) is 0 Å². The molecule has 0 spiro atoms. The molecule has 0 radical (unpaired) electrons. The van der Waals surface area contributed by atoms with Gasteiger partial charge in [0, 0.05) is 12.1 Å². The van der Waals surface area contributed by atoms with Crippen LogP contribution in [0.25, 0.3) is 0 Å². The second-order valence-electron chi connectivity index (χ2n) is 5.50. The molecule has 0 aromatic carbocycles. The smallest absolute Gasteiger partial charge is 0.115 e. The Labute approximate surface area is 85.5 Å². The summed E-state index contributed by atoms with van der Waals surface area (Å²) in [6, 6.07) is 0.856. The fourth-order valence-electron chi connectivity index (χ4n) is 3.83. The highest BCUT2D eigenvalue weighted by molar-refractivity contribution is 4.97. The molecule has 1 N–H and O–H groups in total. The zero-order valence-electron chi connectivity index (χ0n) is 8.71. The molecule has 2 heteroatoms. The minimum Gasteiger partial charge on any atom is -0.308 e. The van der Waals surface area contributed by atoms with Crippen molar-refractivity contribution in [2.45, 2.75) is 63.2 Å². The van der Waals surface area contributed by atoms with E-state index < -0.39 is 6.17 Å². The van der Waals surface area contributed by atoms with Crippen LogP contribution >= 0.6 is 0 Å². The van der Waals surface area contributed by atoms with E-state index >= 15 is 0 Å². The first-order valence-corrected chi connectivity index (χ1v) is 6.23. The summed E-state index contributed by atoms with van der Waals surface area (Å²) in [5.74, 6) is 1.85. The van der Waals surface area contributed by atoms with Gasteiger partial charge in [-0.1, -0.05) is 6.42 Å². The van der Waals surface area contributed by atoms with Crippen molar-refractivity contribution >= 4 is 0 Å². The van der Waals surface area contributed by atoms with Crippen molar-refractivity contribution in [2.24, 2.45) is 11.8 Å². The molecule has 5 atom stereocenters. The van der Waals surface area contributed by atoms with Crippen LogP contribution in [0.3, 0.4) is 0 Å². The maximum atomic E-state index is 13.4. The number of hydrogen-bond donors (Lipinski definition) is 1. The minimum atomic E-state index is -0.561. The van der Waals surface area contributed by atoms with Gasteiger partial charge in [0.1, 0.15) is 6.17 Å². The Morgan fingerprint density at radius 2 is 1.86 bits per heavy atom. The van der Waals surface area contributed by atoms with Gasteiger partial charge in [0.25, 0.3) is 0 Å². The quantitative estimate of drug-likeness (QED) is 0.717. The number of rotatable bonds is 2. The van der Waals surface area contributed by atoms with Gasteiger partial charge in [-0.15, -0.1) is 0 Å². The van der Waals surface area contributed by atoms with Crippen molar-refractivity contribution in [2.75, 3.05) is 0 Å². The topological polar surface area (TPSA) is 12.0 Å². The number of alkyl halides is 1. The van der Waals surface area contributed by atoms with Gasteiger partial charge < -0.3 is 5.32 Å². The minimum absolute atomic E-state index is 0.194. The molecule has 2 bridgehead atoms. The number of nitrogens with one attached hydrogen (secondary N) is 1. The summed E-state index contributed by atoms with van der Waals surface area (Å²) in [4.78, 5) is 0. The van der Waals surface area contributed by atoms with Gasteiger partial charge in [-0.05, 0) is 50.4 Å². The maximum absolute atomic E-state index is 13.4. The Kier molecular flexibility index (Phi) is 2.27. The lowest BCUT2D eigenvalue weighted by atomic mass is 9.94. The zero-order valence-corrected chi connectivity index (χ0v) is 8.71. The van der Waals surface area contributed by atoms with Crippen molar-refractivity contribution < 1.29 is 4.39 Å². The highest BCUT2D eigenvalue weighted by Crippen LogP contribution is 2.45. The summed E-state index contributed by atoms with van der Waals surface area (Å²) in [6.07, 6.45) is 7.95. The Hall–Kier alpha value is -0.110. The molecule has 80 valence electrons. The van der Waals surface area contributed by atoms with E-state index in [0.29, 0.717) is 6.04 Å². The number of hydrogen-bond acceptors (Lipinski definition) is 1. The van der Waals surface area contributed by atoms with E-state index in [1.54, 1.807) is 0 Å². The lowest BCUT2D eigenvalue weighted by molar-refractivity contribution is 0.236. The van der Waals surface area contributed by atoms with Crippen LogP contribution in [0, 0.1) is 11.8 Å². The molecule has 3 rings (SSSR count). The molecule has 3 aliphatic rings. The van der Waals surface area contributed by atoms with Gasteiger partial charge >= 0.3 is 0 Å². The third-order valence-electron chi connectivity index (χ3n) is 4.60. The SMILES string of the molecule is F[C@H]1CCC[C@H]1NC1CC2CCC1C2. The molecule has 3 unspecified atom stereocenters. The first kappa shape index (κ1) is 9.14. The Morgan fingerprint density at radius 3 is 2.43 bits per heavy atom. The van der Waals surface area contributed by atoms with E-state index in [9.17, 15) is 4.39 Å². The average molecular weight is 197 g/mol. The average Bonchev–Trinajstić information content (AvgIpc) is 2.83. The van der Waals surface area contributed by atoms with Crippen molar-refractivity contribution in [1.82, 2.24) is 5.32 Å². The Morgan fingerprint density at radius 1 is 0.929 bits per heavy atom. The van der Waals surface area contributed by atoms with Gasteiger partial charge in [0.15, 0.2) is 0 Å². The number of halogens is 1. The summed E-state index contributed by atoms with van der Waals surface area (Å²) in [5, 5.41) is 3.58. The highest BCUT2D eigenvalue weighted by Gasteiger charge is 2.41. The molecular formula is C12H20FN. The summed E-state index contributed by atoms with van der Waals surface area (Å²) >= 11 is 0. The third kappa shape index (κ3) is 1.48.